The number of rotatable bonds is 6. The van der Waals surface area contributed by atoms with Crippen LogP contribution in [0.3, 0.4) is 0 Å². The quantitative estimate of drug-likeness (QED) is 0.676. The first-order chi connectivity index (χ1) is 11.5. The molecule has 0 radical (unpaired) electrons. The van der Waals surface area contributed by atoms with Gasteiger partial charge in [-0.1, -0.05) is 20.3 Å². The smallest absolute Gasteiger partial charge is 0.287 e. The molecule has 0 spiro atoms. The van der Waals surface area contributed by atoms with Crippen LogP contribution in [0.25, 0.3) is 11.5 Å². The van der Waals surface area contributed by atoms with Gasteiger partial charge in [-0.05, 0) is 52.8 Å². The first-order valence-corrected chi connectivity index (χ1v) is 8.78. The molecule has 2 rings (SSSR count). The number of nitrogens with zero attached hydrogens (tertiary/aromatic N) is 1. The fourth-order valence-electron chi connectivity index (χ4n) is 2.19. The minimum absolute atomic E-state index is 0.0150. The van der Waals surface area contributed by atoms with Gasteiger partial charge in [0.05, 0.1) is 0 Å². The van der Waals surface area contributed by atoms with Gasteiger partial charge in [-0.25, -0.2) is 0 Å². The van der Waals surface area contributed by atoms with Gasteiger partial charge in [0, 0.05) is 16.8 Å². The Morgan fingerprint density at radius 1 is 1.29 bits per heavy atom. The van der Waals surface area contributed by atoms with Crippen molar-refractivity contribution >= 4 is 34.4 Å². The van der Waals surface area contributed by atoms with Gasteiger partial charge in [-0.2, -0.15) is 0 Å². The molecule has 0 aromatic carbocycles. The lowest BCUT2D eigenvalue weighted by Crippen LogP contribution is -2.49. The molecule has 2 atom stereocenters. The summed E-state index contributed by atoms with van der Waals surface area (Å²) >= 11 is 2.17. The van der Waals surface area contributed by atoms with Gasteiger partial charge >= 0.3 is 0 Å². The number of furan rings is 1. The lowest BCUT2D eigenvalue weighted by molar-refractivity contribution is -0.123. The van der Waals surface area contributed by atoms with Gasteiger partial charge in [0.1, 0.15) is 11.7 Å². The van der Waals surface area contributed by atoms with Crippen LogP contribution in [-0.4, -0.2) is 29.9 Å². The minimum Gasteiger partial charge on any atom is -0.449 e. The van der Waals surface area contributed by atoms with E-state index in [2.05, 4.69) is 38.2 Å². The Bertz CT molecular complexity index is 712. The monoisotopic (exact) mass is 441 g/mol. The number of aromatic nitrogens is 1. The topological polar surface area (TPSA) is 84.2 Å². The molecule has 24 heavy (non-hydrogen) atoms. The predicted molar refractivity (Wildman–Crippen MR) is 99.4 cm³/mol. The number of nitrogens with one attached hydrogen (secondary N) is 2. The second kappa shape index (κ2) is 8.27. The number of carbonyl (C=O) groups is 2. The fraction of sp³-hybridized carbons (Fsp3) is 0.353. The van der Waals surface area contributed by atoms with Crippen molar-refractivity contribution in [1.29, 1.82) is 0 Å². The average molecular weight is 441 g/mol. The van der Waals surface area contributed by atoms with E-state index < -0.39 is 11.9 Å². The molecule has 128 valence electrons. The molecule has 0 saturated carbocycles. The van der Waals surface area contributed by atoms with Crippen molar-refractivity contribution in [2.45, 2.75) is 26.3 Å². The molecule has 2 aromatic rings. The Morgan fingerprint density at radius 3 is 2.62 bits per heavy atom. The van der Waals surface area contributed by atoms with Crippen molar-refractivity contribution in [2.24, 2.45) is 5.92 Å². The number of carbonyl (C=O) groups excluding carboxylic acids is 2. The highest BCUT2D eigenvalue weighted by molar-refractivity contribution is 14.1. The Kier molecular flexibility index (Phi) is 6.36. The van der Waals surface area contributed by atoms with Gasteiger partial charge in [-0.15, -0.1) is 0 Å². The first kappa shape index (κ1) is 18.4. The lowest BCUT2D eigenvalue weighted by atomic mass is 9.98. The molecule has 0 aliphatic carbocycles. The number of hydrogen-bond donors (Lipinski definition) is 2. The van der Waals surface area contributed by atoms with Crippen LogP contribution in [0, 0.1) is 9.49 Å². The second-order valence-corrected chi connectivity index (χ2v) is 6.72. The van der Waals surface area contributed by atoms with E-state index in [0.717, 1.165) is 9.99 Å². The summed E-state index contributed by atoms with van der Waals surface area (Å²) in [7, 11) is 1.55. The number of amides is 2. The summed E-state index contributed by atoms with van der Waals surface area (Å²) in [4.78, 5) is 28.6. The molecule has 0 fully saturated rings. The summed E-state index contributed by atoms with van der Waals surface area (Å²) in [6, 6.07) is 6.42. The molecule has 0 bridgehead atoms. The summed E-state index contributed by atoms with van der Waals surface area (Å²) in [5.74, 6) is 0.0461. The average Bonchev–Trinajstić information content (AvgIpc) is 3.09. The number of halogens is 1. The summed E-state index contributed by atoms with van der Waals surface area (Å²) in [6.45, 7) is 3.89. The van der Waals surface area contributed by atoms with Crippen LogP contribution >= 0.6 is 22.6 Å². The van der Waals surface area contributed by atoms with Gasteiger partial charge in [0.15, 0.2) is 11.5 Å². The second-order valence-electron chi connectivity index (χ2n) is 5.48. The molecule has 2 amide bonds. The molecular formula is C17H20IN3O3. The van der Waals surface area contributed by atoms with Crippen LogP contribution in [0.4, 0.5) is 0 Å². The molecule has 6 nitrogen and oxygen atoms in total. The maximum Gasteiger partial charge on any atom is 0.287 e. The summed E-state index contributed by atoms with van der Waals surface area (Å²) in [5, 5.41) is 5.32. The van der Waals surface area contributed by atoms with E-state index in [1.165, 1.54) is 0 Å². The van der Waals surface area contributed by atoms with Crippen molar-refractivity contribution in [3.8, 4) is 11.5 Å². The largest absolute Gasteiger partial charge is 0.449 e. The van der Waals surface area contributed by atoms with Crippen LogP contribution in [0.5, 0.6) is 0 Å². The van der Waals surface area contributed by atoms with E-state index in [0.29, 0.717) is 11.5 Å². The first-order valence-electron chi connectivity index (χ1n) is 7.70. The third kappa shape index (κ3) is 4.34. The molecule has 2 heterocycles. The molecule has 7 heteroatoms. The van der Waals surface area contributed by atoms with Crippen LogP contribution in [0.15, 0.2) is 34.9 Å². The number of likely N-dealkylation sites (N-methyl/N-ethyl adjacent to an activating group) is 1. The minimum atomic E-state index is -0.600. The Balaban J connectivity index is 2.15. The van der Waals surface area contributed by atoms with E-state index in [1.807, 2.05) is 26.0 Å². The van der Waals surface area contributed by atoms with Crippen molar-refractivity contribution in [2.75, 3.05) is 7.05 Å². The number of pyridine rings is 1. The van der Waals surface area contributed by atoms with Crippen molar-refractivity contribution in [3.05, 3.63) is 39.8 Å². The van der Waals surface area contributed by atoms with E-state index in [4.69, 9.17) is 4.42 Å². The SMILES string of the molecule is CC[C@@H](C)[C@H](NC(=O)c1ccc(-c2ccc(I)cn2)o1)C(=O)NC. The fourth-order valence-corrected chi connectivity index (χ4v) is 2.51. The summed E-state index contributed by atoms with van der Waals surface area (Å²) in [5.41, 5.74) is 0.652. The van der Waals surface area contributed by atoms with Gasteiger partial charge in [0.2, 0.25) is 5.91 Å². The zero-order valence-corrected chi connectivity index (χ0v) is 16.0. The van der Waals surface area contributed by atoms with Crippen LogP contribution in [0.2, 0.25) is 0 Å². The Hall–Kier alpha value is -1.90. The highest BCUT2D eigenvalue weighted by Gasteiger charge is 2.26. The molecule has 0 aliphatic rings. The van der Waals surface area contributed by atoms with Crippen LogP contribution in [0.1, 0.15) is 30.8 Å². The summed E-state index contributed by atoms with van der Waals surface area (Å²) < 4.78 is 6.61. The molecule has 2 aromatic heterocycles. The van der Waals surface area contributed by atoms with E-state index >= 15 is 0 Å². The van der Waals surface area contributed by atoms with Crippen molar-refractivity contribution in [1.82, 2.24) is 15.6 Å². The van der Waals surface area contributed by atoms with Gasteiger partial charge < -0.3 is 15.1 Å². The maximum atomic E-state index is 12.4. The number of hydrogen-bond acceptors (Lipinski definition) is 4. The zero-order valence-electron chi connectivity index (χ0n) is 13.8. The van der Waals surface area contributed by atoms with E-state index in [9.17, 15) is 9.59 Å². The third-order valence-electron chi connectivity index (χ3n) is 3.84. The standard InChI is InChI=1S/C17H20IN3O3/c1-4-10(2)15(17(23)19-3)21-16(22)14-8-7-13(24-14)12-6-5-11(18)9-20-12/h5-10,15H,4H2,1-3H3,(H,19,23)(H,21,22)/t10-,15+/m1/s1. The Labute approximate surface area is 154 Å². The van der Waals surface area contributed by atoms with E-state index in [-0.39, 0.29) is 17.6 Å². The highest BCUT2D eigenvalue weighted by atomic mass is 127. The molecule has 0 saturated heterocycles. The lowest BCUT2D eigenvalue weighted by Gasteiger charge is -2.22. The van der Waals surface area contributed by atoms with Crippen LogP contribution in [-0.2, 0) is 4.79 Å². The van der Waals surface area contributed by atoms with Crippen molar-refractivity contribution < 1.29 is 14.0 Å². The van der Waals surface area contributed by atoms with Gasteiger partial charge in [0.25, 0.3) is 5.91 Å². The maximum absolute atomic E-state index is 12.4. The Morgan fingerprint density at radius 2 is 2.04 bits per heavy atom. The predicted octanol–water partition coefficient (Wildman–Crippen LogP) is 2.84. The molecule has 0 aliphatic heterocycles. The third-order valence-corrected chi connectivity index (χ3v) is 4.48. The molecule has 2 N–H and O–H groups in total. The van der Waals surface area contributed by atoms with Gasteiger partial charge in [-0.3, -0.25) is 14.6 Å². The zero-order chi connectivity index (χ0) is 17.7. The van der Waals surface area contributed by atoms with Crippen molar-refractivity contribution in [3.63, 3.8) is 0 Å². The normalized spacial score (nSPS) is 13.2. The summed E-state index contributed by atoms with van der Waals surface area (Å²) in [6.07, 6.45) is 2.50. The van der Waals surface area contributed by atoms with Crippen LogP contribution < -0.4 is 10.6 Å². The van der Waals surface area contributed by atoms with E-state index in [1.54, 1.807) is 25.4 Å². The molecule has 0 unspecified atom stereocenters. The molecular weight excluding hydrogens is 421 g/mol. The highest BCUT2D eigenvalue weighted by Crippen LogP contribution is 2.21.